The molecule has 0 aliphatic carbocycles. The standard InChI is InChI=1S/C19H13ClN2O/c1-2-22-18(10-5-13-3-6-14(20)7-4-13)17(12-21)16-9-8-15(23)11-19(16)22/h3-4,6-9,11,23H,2H2,1H3. The monoisotopic (exact) mass is 320 g/mol. The number of phenols is 1. The van der Waals surface area contributed by atoms with Gasteiger partial charge in [-0.2, -0.15) is 5.26 Å². The van der Waals surface area contributed by atoms with Crippen molar-refractivity contribution in [3.05, 3.63) is 64.3 Å². The fourth-order valence-corrected chi connectivity index (χ4v) is 2.70. The van der Waals surface area contributed by atoms with Crippen LogP contribution in [0.3, 0.4) is 0 Å². The minimum atomic E-state index is 0.173. The van der Waals surface area contributed by atoms with Gasteiger partial charge in [-0.15, -0.1) is 0 Å². The van der Waals surface area contributed by atoms with Gasteiger partial charge in [0.15, 0.2) is 0 Å². The molecule has 0 aliphatic heterocycles. The lowest BCUT2D eigenvalue weighted by Crippen LogP contribution is -1.98. The summed E-state index contributed by atoms with van der Waals surface area (Å²) in [4.78, 5) is 0. The van der Waals surface area contributed by atoms with Crippen LogP contribution in [0.5, 0.6) is 5.75 Å². The van der Waals surface area contributed by atoms with Gasteiger partial charge in [-0.05, 0) is 49.2 Å². The lowest BCUT2D eigenvalue weighted by molar-refractivity contribution is 0.476. The number of benzene rings is 2. The summed E-state index contributed by atoms with van der Waals surface area (Å²) >= 11 is 5.87. The van der Waals surface area contributed by atoms with E-state index >= 15 is 0 Å². The Hall–Kier alpha value is -2.88. The predicted molar refractivity (Wildman–Crippen MR) is 91.4 cm³/mol. The van der Waals surface area contributed by atoms with Crippen LogP contribution in [0.15, 0.2) is 42.5 Å². The topological polar surface area (TPSA) is 49.0 Å². The Morgan fingerprint density at radius 1 is 1.13 bits per heavy atom. The summed E-state index contributed by atoms with van der Waals surface area (Å²) < 4.78 is 1.94. The molecule has 0 spiro atoms. The number of aryl methyl sites for hydroxylation is 1. The fraction of sp³-hybridized carbons (Fsp3) is 0.105. The number of nitrogens with zero attached hydrogens (tertiary/aromatic N) is 2. The van der Waals surface area contributed by atoms with Crippen LogP contribution in [-0.4, -0.2) is 9.67 Å². The Labute approximate surface area is 139 Å². The number of aromatic nitrogens is 1. The first-order valence-electron chi connectivity index (χ1n) is 7.17. The largest absolute Gasteiger partial charge is 0.508 e. The first-order chi connectivity index (χ1) is 11.1. The molecular weight excluding hydrogens is 308 g/mol. The minimum Gasteiger partial charge on any atom is -0.508 e. The van der Waals surface area contributed by atoms with Gasteiger partial charge >= 0.3 is 0 Å². The van der Waals surface area contributed by atoms with Crippen LogP contribution in [0, 0.1) is 23.2 Å². The molecule has 0 amide bonds. The van der Waals surface area contributed by atoms with E-state index in [9.17, 15) is 10.4 Å². The van der Waals surface area contributed by atoms with E-state index in [1.807, 2.05) is 23.6 Å². The van der Waals surface area contributed by atoms with Crippen LogP contribution < -0.4 is 0 Å². The number of fused-ring (bicyclic) bond motifs is 1. The molecule has 3 nitrogen and oxygen atoms in total. The second kappa shape index (κ2) is 6.08. The summed E-state index contributed by atoms with van der Waals surface area (Å²) in [6.07, 6.45) is 0. The second-order valence-electron chi connectivity index (χ2n) is 5.04. The molecule has 0 saturated heterocycles. The van der Waals surface area contributed by atoms with Crippen LogP contribution >= 0.6 is 11.6 Å². The number of nitriles is 1. The van der Waals surface area contributed by atoms with Crippen molar-refractivity contribution in [1.82, 2.24) is 4.57 Å². The van der Waals surface area contributed by atoms with E-state index in [1.54, 1.807) is 30.3 Å². The molecule has 1 heterocycles. The Bertz CT molecular complexity index is 983. The van der Waals surface area contributed by atoms with Gasteiger partial charge in [-0.1, -0.05) is 17.5 Å². The van der Waals surface area contributed by atoms with Crippen molar-refractivity contribution in [2.75, 3.05) is 0 Å². The summed E-state index contributed by atoms with van der Waals surface area (Å²) in [6, 6.07) is 14.5. The molecule has 23 heavy (non-hydrogen) atoms. The van der Waals surface area contributed by atoms with Crippen molar-refractivity contribution >= 4 is 22.5 Å². The van der Waals surface area contributed by atoms with Gasteiger partial charge < -0.3 is 9.67 Å². The highest BCUT2D eigenvalue weighted by molar-refractivity contribution is 6.30. The number of aromatic hydroxyl groups is 1. The molecule has 112 valence electrons. The summed E-state index contributed by atoms with van der Waals surface area (Å²) in [5, 5.41) is 20.7. The van der Waals surface area contributed by atoms with E-state index in [1.165, 1.54) is 0 Å². The van der Waals surface area contributed by atoms with Crippen LogP contribution in [0.1, 0.15) is 23.7 Å². The number of hydrogen-bond acceptors (Lipinski definition) is 2. The normalized spacial score (nSPS) is 10.1. The molecule has 0 atom stereocenters. The summed E-state index contributed by atoms with van der Waals surface area (Å²) in [5.74, 6) is 6.34. The maximum absolute atomic E-state index is 9.71. The first kappa shape index (κ1) is 15.0. The third kappa shape index (κ3) is 2.75. The summed E-state index contributed by atoms with van der Waals surface area (Å²) in [7, 11) is 0. The smallest absolute Gasteiger partial charge is 0.117 e. The van der Waals surface area contributed by atoms with E-state index in [0.717, 1.165) is 16.5 Å². The Morgan fingerprint density at radius 2 is 1.87 bits per heavy atom. The zero-order chi connectivity index (χ0) is 16.4. The van der Waals surface area contributed by atoms with Crippen LogP contribution in [0.4, 0.5) is 0 Å². The van der Waals surface area contributed by atoms with Gasteiger partial charge in [0.05, 0.1) is 11.1 Å². The van der Waals surface area contributed by atoms with E-state index in [0.29, 0.717) is 22.8 Å². The third-order valence-electron chi connectivity index (χ3n) is 3.65. The van der Waals surface area contributed by atoms with Crippen molar-refractivity contribution in [3.8, 4) is 23.7 Å². The van der Waals surface area contributed by atoms with Gasteiger partial charge in [0.1, 0.15) is 17.5 Å². The zero-order valence-electron chi connectivity index (χ0n) is 12.5. The Balaban J connectivity index is 2.21. The average molecular weight is 321 g/mol. The second-order valence-corrected chi connectivity index (χ2v) is 5.47. The van der Waals surface area contributed by atoms with Crippen molar-refractivity contribution in [3.63, 3.8) is 0 Å². The summed E-state index contributed by atoms with van der Waals surface area (Å²) in [6.45, 7) is 2.64. The van der Waals surface area contributed by atoms with Crippen LogP contribution in [0.2, 0.25) is 5.02 Å². The molecule has 4 heteroatoms. The molecule has 0 bridgehead atoms. The Morgan fingerprint density at radius 3 is 2.52 bits per heavy atom. The predicted octanol–water partition coefficient (Wildman–Crippen LogP) is 4.29. The van der Waals surface area contributed by atoms with Gasteiger partial charge in [-0.3, -0.25) is 0 Å². The minimum absolute atomic E-state index is 0.173. The number of phenolic OH excluding ortho intramolecular Hbond substituents is 1. The van der Waals surface area contributed by atoms with Gasteiger partial charge in [0.25, 0.3) is 0 Å². The summed E-state index contributed by atoms with van der Waals surface area (Å²) in [5.41, 5.74) is 2.83. The van der Waals surface area contributed by atoms with E-state index in [4.69, 9.17) is 11.6 Å². The SMILES string of the molecule is CCn1c(C#Cc2ccc(Cl)cc2)c(C#N)c2ccc(O)cc21. The molecule has 0 fully saturated rings. The third-order valence-corrected chi connectivity index (χ3v) is 3.90. The van der Waals surface area contributed by atoms with Gasteiger partial charge in [0, 0.05) is 28.6 Å². The van der Waals surface area contributed by atoms with Crippen molar-refractivity contribution < 1.29 is 5.11 Å². The quantitative estimate of drug-likeness (QED) is 0.680. The van der Waals surface area contributed by atoms with Crippen molar-refractivity contribution in [2.45, 2.75) is 13.5 Å². The molecule has 3 aromatic rings. The molecule has 0 unspecified atom stereocenters. The van der Waals surface area contributed by atoms with E-state index in [2.05, 4.69) is 17.9 Å². The fourth-order valence-electron chi connectivity index (χ4n) is 2.57. The van der Waals surface area contributed by atoms with Crippen LogP contribution in [-0.2, 0) is 6.54 Å². The van der Waals surface area contributed by atoms with E-state index in [-0.39, 0.29) is 5.75 Å². The number of rotatable bonds is 1. The molecular formula is C19H13ClN2O. The Kier molecular flexibility index (Phi) is 3.98. The molecule has 0 radical (unpaired) electrons. The average Bonchev–Trinajstić information content (AvgIpc) is 2.86. The van der Waals surface area contributed by atoms with Gasteiger partial charge in [0.2, 0.25) is 0 Å². The molecule has 3 rings (SSSR count). The lowest BCUT2D eigenvalue weighted by atomic mass is 10.1. The molecule has 1 aromatic heterocycles. The lowest BCUT2D eigenvalue weighted by Gasteiger charge is -2.03. The highest BCUT2D eigenvalue weighted by Crippen LogP contribution is 2.28. The maximum atomic E-state index is 9.71. The molecule has 0 saturated carbocycles. The maximum Gasteiger partial charge on any atom is 0.117 e. The van der Waals surface area contributed by atoms with Crippen LogP contribution in [0.25, 0.3) is 10.9 Å². The molecule has 1 N–H and O–H groups in total. The van der Waals surface area contributed by atoms with Gasteiger partial charge in [-0.25, -0.2) is 0 Å². The molecule has 2 aromatic carbocycles. The van der Waals surface area contributed by atoms with Crippen molar-refractivity contribution in [2.24, 2.45) is 0 Å². The number of halogens is 1. The highest BCUT2D eigenvalue weighted by atomic mass is 35.5. The van der Waals surface area contributed by atoms with E-state index < -0.39 is 0 Å². The highest BCUT2D eigenvalue weighted by Gasteiger charge is 2.15. The zero-order valence-corrected chi connectivity index (χ0v) is 13.2. The first-order valence-corrected chi connectivity index (χ1v) is 7.54. The van der Waals surface area contributed by atoms with Crippen molar-refractivity contribution in [1.29, 1.82) is 5.26 Å². The number of hydrogen-bond donors (Lipinski definition) is 1. The molecule has 0 aliphatic rings.